The van der Waals surface area contributed by atoms with Gasteiger partial charge in [0.05, 0.1) is 0 Å². The van der Waals surface area contributed by atoms with Gasteiger partial charge in [-0.1, -0.05) is 56.1 Å². The molecule has 1 heterocycles. The monoisotopic (exact) mass is 491 g/mol. The van der Waals surface area contributed by atoms with Gasteiger partial charge >= 0.3 is 0 Å². The summed E-state index contributed by atoms with van der Waals surface area (Å²) < 4.78 is 2.07. The van der Waals surface area contributed by atoms with Gasteiger partial charge in [0, 0.05) is 35.1 Å². The van der Waals surface area contributed by atoms with E-state index in [0.717, 1.165) is 53.5 Å². The van der Waals surface area contributed by atoms with Gasteiger partial charge in [-0.15, -0.1) is 0 Å². The minimum Gasteiger partial charge on any atom is -0.368 e. The maximum Gasteiger partial charge on any atom is 0.242 e. The second kappa shape index (κ2) is 7.66. The number of benzene rings is 2. The Labute approximate surface area is 176 Å². The van der Waals surface area contributed by atoms with Gasteiger partial charge in [0.25, 0.3) is 0 Å². The van der Waals surface area contributed by atoms with Crippen molar-refractivity contribution in [2.24, 2.45) is 11.7 Å². The molecular weight excluding hydrogens is 470 g/mol. The Balaban J connectivity index is 1.80. The molecule has 4 nitrogen and oxygen atoms in total. The van der Waals surface area contributed by atoms with Crippen LogP contribution in [-0.2, 0) is 23.2 Å². The molecule has 2 aromatic rings. The van der Waals surface area contributed by atoms with E-state index in [1.807, 2.05) is 12.1 Å². The third-order valence-corrected chi connectivity index (χ3v) is 6.80. The van der Waals surface area contributed by atoms with Crippen molar-refractivity contribution in [2.75, 3.05) is 26.2 Å². The van der Waals surface area contributed by atoms with Crippen LogP contribution in [0.2, 0.25) is 0 Å². The molecule has 2 aromatic carbocycles. The first kappa shape index (κ1) is 19.1. The Kier molecular flexibility index (Phi) is 5.43. The number of amides is 1. The van der Waals surface area contributed by atoms with Crippen LogP contribution in [0, 0.1) is 5.92 Å². The highest BCUT2D eigenvalue weighted by Crippen LogP contribution is 2.47. The van der Waals surface area contributed by atoms with Crippen molar-refractivity contribution >= 4 is 37.8 Å². The van der Waals surface area contributed by atoms with Crippen LogP contribution in [0.4, 0.5) is 0 Å². The van der Waals surface area contributed by atoms with Crippen molar-refractivity contribution in [1.29, 1.82) is 0 Å². The van der Waals surface area contributed by atoms with Crippen LogP contribution in [-0.4, -0.2) is 37.0 Å². The van der Waals surface area contributed by atoms with Gasteiger partial charge < -0.3 is 11.1 Å². The van der Waals surface area contributed by atoms with Crippen LogP contribution >= 0.6 is 31.9 Å². The van der Waals surface area contributed by atoms with Gasteiger partial charge in [-0.05, 0) is 53.6 Å². The van der Waals surface area contributed by atoms with Crippen LogP contribution < -0.4 is 11.1 Å². The number of carbonyl (C=O) groups excluding carboxylic acids is 1. The van der Waals surface area contributed by atoms with E-state index in [1.165, 1.54) is 11.1 Å². The van der Waals surface area contributed by atoms with E-state index < -0.39 is 5.54 Å². The number of nitrogens with two attached hydrogens (primary N) is 1. The number of hydrogen-bond donors (Lipinski definition) is 2. The Hall–Kier alpha value is -1.21. The summed E-state index contributed by atoms with van der Waals surface area (Å²) >= 11 is 7.17. The second-order valence-electron chi connectivity index (χ2n) is 7.41. The zero-order valence-electron chi connectivity index (χ0n) is 15.1. The summed E-state index contributed by atoms with van der Waals surface area (Å²) in [5.41, 5.74) is 8.96. The minimum absolute atomic E-state index is 0.117. The van der Waals surface area contributed by atoms with E-state index in [4.69, 9.17) is 5.73 Å². The first-order chi connectivity index (χ1) is 13.0. The predicted molar refractivity (Wildman–Crippen MR) is 114 cm³/mol. The molecular formula is C21H23Br2N3O. The average Bonchev–Trinajstić information content (AvgIpc) is 2.96. The van der Waals surface area contributed by atoms with Crippen LogP contribution in [0.5, 0.6) is 0 Å². The van der Waals surface area contributed by atoms with E-state index >= 15 is 0 Å². The maximum absolute atomic E-state index is 13.1. The van der Waals surface area contributed by atoms with Gasteiger partial charge in [0.2, 0.25) is 5.91 Å². The third-order valence-electron chi connectivity index (χ3n) is 5.88. The van der Waals surface area contributed by atoms with Gasteiger partial charge in [-0.3, -0.25) is 9.69 Å². The highest BCUT2D eigenvalue weighted by atomic mass is 79.9. The van der Waals surface area contributed by atoms with E-state index in [1.54, 1.807) is 0 Å². The SMILES string of the molecule is NC(=O)C1(N2CCNCC2)c2ccccc2CC1Cc1cc(Br)cc(Br)c1. The van der Waals surface area contributed by atoms with Gasteiger partial charge in [0.15, 0.2) is 0 Å². The van der Waals surface area contributed by atoms with Crippen molar-refractivity contribution in [1.82, 2.24) is 10.2 Å². The van der Waals surface area contributed by atoms with Crippen molar-refractivity contribution < 1.29 is 4.79 Å². The Morgan fingerprint density at radius 1 is 1.15 bits per heavy atom. The minimum atomic E-state index is -0.743. The van der Waals surface area contributed by atoms with Crippen molar-refractivity contribution in [3.05, 3.63) is 68.1 Å². The summed E-state index contributed by atoms with van der Waals surface area (Å²) in [6, 6.07) is 14.6. The lowest BCUT2D eigenvalue weighted by Gasteiger charge is -2.45. The van der Waals surface area contributed by atoms with Crippen molar-refractivity contribution in [2.45, 2.75) is 18.4 Å². The Morgan fingerprint density at radius 2 is 1.81 bits per heavy atom. The van der Waals surface area contributed by atoms with Crippen LogP contribution in [0.1, 0.15) is 16.7 Å². The lowest BCUT2D eigenvalue weighted by atomic mass is 9.77. The van der Waals surface area contributed by atoms with Crippen LogP contribution in [0.25, 0.3) is 0 Å². The maximum atomic E-state index is 13.1. The quantitative estimate of drug-likeness (QED) is 0.688. The third kappa shape index (κ3) is 3.37. The topological polar surface area (TPSA) is 58.4 Å². The average molecular weight is 493 g/mol. The molecule has 1 fully saturated rings. The number of carbonyl (C=O) groups is 1. The van der Waals surface area contributed by atoms with E-state index in [2.05, 4.69) is 72.4 Å². The summed E-state index contributed by atoms with van der Waals surface area (Å²) in [5.74, 6) is -0.111. The van der Waals surface area contributed by atoms with Gasteiger partial charge in [-0.2, -0.15) is 0 Å². The lowest BCUT2D eigenvalue weighted by Crippen LogP contribution is -2.62. The molecule has 0 spiro atoms. The smallest absolute Gasteiger partial charge is 0.242 e. The standard InChI is InChI=1S/C21H23Br2N3O/c22-17-10-14(11-18(23)13-17)9-16-12-15-3-1-2-4-19(15)21(16,20(24)27)26-7-5-25-6-8-26/h1-4,10-11,13,16,25H,5-9,12H2,(H2,24,27). The van der Waals surface area contributed by atoms with Gasteiger partial charge in [0.1, 0.15) is 5.54 Å². The summed E-state index contributed by atoms with van der Waals surface area (Å²) in [4.78, 5) is 15.4. The summed E-state index contributed by atoms with van der Waals surface area (Å²) in [5, 5.41) is 3.39. The lowest BCUT2D eigenvalue weighted by molar-refractivity contribution is -0.135. The zero-order valence-corrected chi connectivity index (χ0v) is 18.2. The number of fused-ring (bicyclic) bond motifs is 1. The first-order valence-corrected chi connectivity index (χ1v) is 10.9. The fraction of sp³-hybridized carbons (Fsp3) is 0.381. The molecule has 1 aliphatic heterocycles. The second-order valence-corrected chi connectivity index (χ2v) is 9.24. The molecule has 6 heteroatoms. The number of piperazine rings is 1. The fourth-order valence-electron chi connectivity index (χ4n) is 4.87. The molecule has 27 heavy (non-hydrogen) atoms. The fourth-order valence-corrected chi connectivity index (χ4v) is 6.26. The highest BCUT2D eigenvalue weighted by Gasteiger charge is 2.55. The van der Waals surface area contributed by atoms with Crippen molar-refractivity contribution in [3.8, 4) is 0 Å². The molecule has 0 aromatic heterocycles. The number of hydrogen-bond acceptors (Lipinski definition) is 3. The predicted octanol–water partition coefficient (Wildman–Crippen LogP) is 3.21. The van der Waals surface area contributed by atoms with Crippen LogP contribution in [0.15, 0.2) is 51.4 Å². The molecule has 0 radical (unpaired) electrons. The van der Waals surface area contributed by atoms with Crippen LogP contribution in [0.3, 0.4) is 0 Å². The Morgan fingerprint density at radius 3 is 2.48 bits per heavy atom. The Bertz CT molecular complexity index is 846. The molecule has 2 atom stereocenters. The zero-order chi connectivity index (χ0) is 19.0. The molecule has 1 aliphatic carbocycles. The molecule has 3 N–H and O–H groups in total. The number of halogens is 2. The number of primary amides is 1. The summed E-state index contributed by atoms with van der Waals surface area (Å²) in [7, 11) is 0. The normalized spacial score (nSPS) is 25.3. The molecule has 0 bridgehead atoms. The molecule has 2 aliphatic rings. The number of rotatable bonds is 4. The molecule has 1 amide bonds. The molecule has 1 saturated heterocycles. The molecule has 142 valence electrons. The molecule has 4 rings (SSSR count). The van der Waals surface area contributed by atoms with Crippen molar-refractivity contribution in [3.63, 3.8) is 0 Å². The van der Waals surface area contributed by atoms with Gasteiger partial charge in [-0.25, -0.2) is 0 Å². The number of nitrogens with zero attached hydrogens (tertiary/aromatic N) is 1. The summed E-state index contributed by atoms with van der Waals surface area (Å²) in [6.07, 6.45) is 1.67. The first-order valence-electron chi connectivity index (χ1n) is 9.31. The summed E-state index contributed by atoms with van der Waals surface area (Å²) in [6.45, 7) is 3.42. The highest BCUT2D eigenvalue weighted by molar-refractivity contribution is 9.11. The largest absolute Gasteiger partial charge is 0.368 e. The van der Waals surface area contributed by atoms with E-state index in [-0.39, 0.29) is 11.8 Å². The van der Waals surface area contributed by atoms with E-state index in [0.29, 0.717) is 0 Å². The molecule has 0 saturated carbocycles. The van der Waals surface area contributed by atoms with E-state index in [9.17, 15) is 4.79 Å². The number of nitrogens with one attached hydrogen (secondary N) is 1. The molecule has 2 unspecified atom stereocenters.